The van der Waals surface area contributed by atoms with Gasteiger partial charge in [-0.1, -0.05) is 28.1 Å². The molecule has 1 N–H and O–H groups in total. The number of rotatable bonds is 1. The Bertz CT molecular complexity index is 403. The lowest BCUT2D eigenvalue weighted by Gasteiger charge is -1.95. The minimum Gasteiger partial charge on any atom is -0.348 e. The van der Waals surface area contributed by atoms with Crippen molar-refractivity contribution in [2.24, 2.45) is 0 Å². The second-order valence-electron chi connectivity index (χ2n) is 2.74. The molecule has 1 aromatic heterocycles. The quantitative estimate of drug-likeness (QED) is 0.809. The average Bonchev–Trinajstić information content (AvgIpc) is 2.53. The van der Waals surface area contributed by atoms with Gasteiger partial charge in [0.05, 0.1) is 5.69 Å². The first-order valence-corrected chi connectivity index (χ1v) is 4.68. The predicted octanol–water partition coefficient (Wildman–Crippen LogP) is 3.02. The summed E-state index contributed by atoms with van der Waals surface area (Å²) in [6.45, 7) is 3.71. The van der Waals surface area contributed by atoms with Crippen molar-refractivity contribution in [3.63, 3.8) is 0 Å². The van der Waals surface area contributed by atoms with Gasteiger partial charge >= 0.3 is 0 Å². The molecule has 0 bridgehead atoms. The maximum Gasteiger partial charge on any atom is 0.107 e. The second kappa shape index (κ2) is 3.34. The summed E-state index contributed by atoms with van der Waals surface area (Å²) in [6.07, 6.45) is 1.85. The van der Waals surface area contributed by atoms with E-state index in [1.54, 1.807) is 0 Å². The molecule has 1 aromatic carbocycles. The Morgan fingerprint density at radius 1 is 1.23 bits per heavy atom. The Balaban J connectivity index is 2.41. The Kier molecular flexibility index (Phi) is 2.19. The fraction of sp³-hybridized carbons (Fsp3) is 0. The van der Waals surface area contributed by atoms with Crippen LogP contribution in [-0.2, 0) is 0 Å². The first-order chi connectivity index (χ1) is 6.25. The van der Waals surface area contributed by atoms with Gasteiger partial charge in [0.15, 0.2) is 0 Å². The summed E-state index contributed by atoms with van der Waals surface area (Å²) in [7, 11) is 0. The molecule has 2 nitrogen and oxygen atoms in total. The van der Waals surface area contributed by atoms with Crippen molar-refractivity contribution < 1.29 is 0 Å². The highest BCUT2D eigenvalue weighted by Crippen LogP contribution is 2.19. The monoisotopic (exact) mass is 235 g/mol. The highest BCUT2D eigenvalue weighted by Gasteiger charge is 1.99. The van der Waals surface area contributed by atoms with Crippen LogP contribution in [0.1, 0.15) is 5.82 Å². The molecule has 2 rings (SSSR count). The van der Waals surface area contributed by atoms with E-state index >= 15 is 0 Å². The number of aromatic nitrogens is 2. The molecule has 0 aliphatic carbocycles. The third-order valence-electron chi connectivity index (χ3n) is 1.77. The minimum atomic E-state index is 0.693. The lowest BCUT2D eigenvalue weighted by atomic mass is 10.2. The summed E-state index contributed by atoms with van der Waals surface area (Å²) in [5.74, 6) is 0.693. The summed E-state index contributed by atoms with van der Waals surface area (Å²) in [5.41, 5.74) is 2.02. The first kappa shape index (κ1) is 8.51. The second-order valence-corrected chi connectivity index (χ2v) is 3.65. The molecule has 0 spiro atoms. The molecule has 1 radical (unpaired) electrons. The van der Waals surface area contributed by atoms with Gasteiger partial charge in [-0.25, -0.2) is 4.98 Å². The number of H-pyrrole nitrogens is 1. The van der Waals surface area contributed by atoms with E-state index < -0.39 is 0 Å². The number of nitrogens with one attached hydrogen (secondary N) is 1. The van der Waals surface area contributed by atoms with Gasteiger partial charge in [-0.15, -0.1) is 0 Å². The summed E-state index contributed by atoms with van der Waals surface area (Å²) < 4.78 is 1.07. The van der Waals surface area contributed by atoms with Crippen LogP contribution in [0.2, 0.25) is 0 Å². The zero-order valence-corrected chi connectivity index (χ0v) is 8.51. The van der Waals surface area contributed by atoms with Crippen molar-refractivity contribution in [1.82, 2.24) is 9.97 Å². The fourth-order valence-electron chi connectivity index (χ4n) is 1.13. The third kappa shape index (κ3) is 1.80. The largest absolute Gasteiger partial charge is 0.348 e. The Labute approximate surface area is 85.1 Å². The van der Waals surface area contributed by atoms with Crippen LogP contribution in [0.15, 0.2) is 34.9 Å². The summed E-state index contributed by atoms with van der Waals surface area (Å²) >= 11 is 3.38. The molecule has 0 unspecified atom stereocenters. The zero-order valence-electron chi connectivity index (χ0n) is 6.92. The Morgan fingerprint density at radius 3 is 2.46 bits per heavy atom. The highest BCUT2D eigenvalue weighted by molar-refractivity contribution is 9.10. The van der Waals surface area contributed by atoms with Gasteiger partial charge in [0.2, 0.25) is 0 Å². The van der Waals surface area contributed by atoms with Crippen molar-refractivity contribution in [2.45, 2.75) is 0 Å². The van der Waals surface area contributed by atoms with E-state index in [0.717, 1.165) is 15.7 Å². The van der Waals surface area contributed by atoms with Crippen LogP contribution >= 0.6 is 15.9 Å². The molecule has 0 aliphatic rings. The predicted molar refractivity (Wildman–Crippen MR) is 56.2 cm³/mol. The summed E-state index contributed by atoms with van der Waals surface area (Å²) in [4.78, 5) is 7.18. The van der Waals surface area contributed by atoms with Gasteiger partial charge in [-0.3, -0.25) is 0 Å². The number of nitrogens with zero attached hydrogens (tertiary/aromatic N) is 1. The molecule has 0 amide bonds. The van der Waals surface area contributed by atoms with E-state index in [-0.39, 0.29) is 0 Å². The summed E-state index contributed by atoms with van der Waals surface area (Å²) in [5, 5.41) is 0. The van der Waals surface area contributed by atoms with Crippen LogP contribution in [0.4, 0.5) is 0 Å². The molecule has 1 heterocycles. The highest BCUT2D eigenvalue weighted by atomic mass is 79.9. The molecule has 3 heteroatoms. The lowest BCUT2D eigenvalue weighted by molar-refractivity contribution is 1.23. The molecule has 0 atom stereocenters. The Hall–Kier alpha value is -1.09. The van der Waals surface area contributed by atoms with Crippen LogP contribution in [0.5, 0.6) is 0 Å². The van der Waals surface area contributed by atoms with Crippen LogP contribution in [0.25, 0.3) is 11.3 Å². The lowest BCUT2D eigenvalue weighted by Crippen LogP contribution is -1.77. The van der Waals surface area contributed by atoms with E-state index in [1.807, 2.05) is 30.5 Å². The first-order valence-electron chi connectivity index (χ1n) is 3.89. The zero-order chi connectivity index (χ0) is 9.26. The number of halogens is 1. The van der Waals surface area contributed by atoms with Gasteiger partial charge in [0.25, 0.3) is 0 Å². The molecule has 0 saturated carbocycles. The maximum atomic E-state index is 4.23. The number of hydrogen-bond donors (Lipinski definition) is 1. The standard InChI is InChI=1S/C10H8BrN2/c1-7-12-6-10(13-7)8-2-4-9(11)5-3-8/h2-6H,1H2,(H,12,13). The number of benzene rings is 1. The smallest absolute Gasteiger partial charge is 0.107 e. The van der Waals surface area contributed by atoms with Gasteiger partial charge in [-0.2, -0.15) is 0 Å². The summed E-state index contributed by atoms with van der Waals surface area (Å²) in [6, 6.07) is 8.01. The number of aromatic amines is 1. The number of hydrogen-bond acceptors (Lipinski definition) is 1. The third-order valence-corrected chi connectivity index (χ3v) is 2.30. The molecule has 13 heavy (non-hydrogen) atoms. The van der Waals surface area contributed by atoms with Crippen LogP contribution < -0.4 is 0 Å². The molecule has 0 fully saturated rings. The van der Waals surface area contributed by atoms with Gasteiger partial charge < -0.3 is 4.98 Å². The molecular weight excluding hydrogens is 228 g/mol. The van der Waals surface area contributed by atoms with E-state index in [1.165, 1.54) is 0 Å². The Morgan fingerprint density at radius 2 is 1.92 bits per heavy atom. The molecule has 0 aliphatic heterocycles. The SMILES string of the molecule is [CH2]c1nc(-c2ccc(Br)cc2)c[nH]1. The van der Waals surface area contributed by atoms with Crippen molar-refractivity contribution in [1.29, 1.82) is 0 Å². The number of imidazole rings is 1. The minimum absolute atomic E-state index is 0.693. The average molecular weight is 236 g/mol. The van der Waals surface area contributed by atoms with Crippen molar-refractivity contribution in [3.05, 3.63) is 47.7 Å². The van der Waals surface area contributed by atoms with Crippen LogP contribution in [-0.4, -0.2) is 9.97 Å². The maximum absolute atomic E-state index is 4.23. The molecule has 2 aromatic rings. The molecular formula is C10H8BrN2. The molecule has 65 valence electrons. The van der Waals surface area contributed by atoms with E-state index in [9.17, 15) is 0 Å². The van der Waals surface area contributed by atoms with E-state index in [2.05, 4.69) is 32.8 Å². The van der Waals surface area contributed by atoms with Crippen molar-refractivity contribution in [2.75, 3.05) is 0 Å². The van der Waals surface area contributed by atoms with Crippen LogP contribution in [0.3, 0.4) is 0 Å². The van der Waals surface area contributed by atoms with Crippen molar-refractivity contribution in [3.8, 4) is 11.3 Å². The van der Waals surface area contributed by atoms with Crippen molar-refractivity contribution >= 4 is 15.9 Å². The molecule has 0 saturated heterocycles. The van der Waals surface area contributed by atoms with E-state index in [0.29, 0.717) is 5.82 Å². The van der Waals surface area contributed by atoms with Crippen LogP contribution in [0, 0.1) is 6.92 Å². The normalized spacial score (nSPS) is 10.3. The van der Waals surface area contributed by atoms with E-state index in [4.69, 9.17) is 0 Å². The fourth-order valence-corrected chi connectivity index (χ4v) is 1.39. The van der Waals surface area contributed by atoms with Gasteiger partial charge in [0, 0.05) is 23.2 Å². The topological polar surface area (TPSA) is 28.7 Å². The van der Waals surface area contributed by atoms with Gasteiger partial charge in [0.1, 0.15) is 5.82 Å². The van der Waals surface area contributed by atoms with Gasteiger partial charge in [-0.05, 0) is 12.1 Å².